The minimum atomic E-state index is -3.90. The highest BCUT2D eigenvalue weighted by molar-refractivity contribution is 7.92. The fourth-order valence-electron chi connectivity index (χ4n) is 3.96. The number of carbonyl (C=O) groups excluding carboxylic acids is 1. The zero-order chi connectivity index (χ0) is 26.8. The van der Waals surface area contributed by atoms with Crippen LogP contribution in [0, 0.1) is 5.92 Å². The summed E-state index contributed by atoms with van der Waals surface area (Å²) in [6.07, 6.45) is 3.09. The number of aliphatic hydroxyl groups is 1. The number of ether oxygens (including phenoxy) is 1. The lowest BCUT2D eigenvalue weighted by atomic mass is 10.0. The van der Waals surface area contributed by atoms with Crippen molar-refractivity contribution in [2.45, 2.75) is 37.4 Å². The summed E-state index contributed by atoms with van der Waals surface area (Å²) in [5.74, 6) is -0.231. The van der Waals surface area contributed by atoms with Gasteiger partial charge in [0.1, 0.15) is 11.9 Å². The summed E-state index contributed by atoms with van der Waals surface area (Å²) >= 11 is 0. The maximum atomic E-state index is 13.2. The van der Waals surface area contributed by atoms with E-state index < -0.39 is 32.2 Å². The zero-order valence-corrected chi connectivity index (χ0v) is 22.6. The summed E-state index contributed by atoms with van der Waals surface area (Å²) in [7, 11) is -4.33. The molecule has 0 bridgehead atoms. The van der Waals surface area contributed by atoms with E-state index >= 15 is 0 Å². The SMILES string of the molecule is C[C@H](CO)N1C[C@H](C)[C@H](CN(C)S(=O)(=O)c2cn(C)cn2)Oc2ccc(NS(C)(=O)=O)cc2CC1=O. The number of anilines is 1. The van der Waals surface area contributed by atoms with E-state index in [1.54, 1.807) is 24.9 Å². The van der Waals surface area contributed by atoms with E-state index in [9.17, 15) is 26.7 Å². The van der Waals surface area contributed by atoms with E-state index in [0.717, 1.165) is 10.6 Å². The lowest BCUT2D eigenvalue weighted by Gasteiger charge is -2.33. The molecule has 0 saturated heterocycles. The molecule has 1 aliphatic rings. The number of nitrogens with one attached hydrogen (secondary N) is 1. The van der Waals surface area contributed by atoms with Crippen molar-refractivity contribution in [2.75, 3.05) is 37.7 Å². The van der Waals surface area contributed by atoms with Crippen LogP contribution >= 0.6 is 0 Å². The Bertz CT molecular complexity index is 1310. The van der Waals surface area contributed by atoms with Crippen molar-refractivity contribution in [2.24, 2.45) is 13.0 Å². The molecule has 14 heteroatoms. The number of aromatic nitrogens is 2. The number of hydrogen-bond donors (Lipinski definition) is 2. The fraction of sp³-hybridized carbons (Fsp3) is 0.545. The fourth-order valence-corrected chi connectivity index (χ4v) is 5.66. The maximum Gasteiger partial charge on any atom is 0.261 e. The predicted octanol–water partition coefficient (Wildman–Crippen LogP) is 0.261. The summed E-state index contributed by atoms with van der Waals surface area (Å²) < 4.78 is 60.9. The van der Waals surface area contributed by atoms with Crippen molar-refractivity contribution in [3.63, 3.8) is 0 Å². The number of hydrogen-bond acceptors (Lipinski definition) is 8. The number of rotatable bonds is 8. The van der Waals surface area contributed by atoms with Crippen molar-refractivity contribution in [3.05, 3.63) is 36.3 Å². The van der Waals surface area contributed by atoms with E-state index in [1.165, 1.54) is 36.3 Å². The van der Waals surface area contributed by atoms with E-state index in [-0.39, 0.29) is 48.7 Å². The number of nitrogens with zero attached hydrogens (tertiary/aromatic N) is 4. The molecule has 0 fully saturated rings. The van der Waals surface area contributed by atoms with Gasteiger partial charge in [-0.05, 0) is 25.1 Å². The molecule has 0 radical (unpaired) electrons. The molecule has 1 aromatic heterocycles. The van der Waals surface area contributed by atoms with Crippen molar-refractivity contribution in [1.82, 2.24) is 18.8 Å². The number of amides is 1. The largest absolute Gasteiger partial charge is 0.488 e. The van der Waals surface area contributed by atoms with Crippen LogP contribution in [0.5, 0.6) is 5.75 Å². The second-order valence-electron chi connectivity index (χ2n) is 9.25. The Labute approximate surface area is 212 Å². The third-order valence-electron chi connectivity index (χ3n) is 6.01. The van der Waals surface area contributed by atoms with Gasteiger partial charge in [-0.2, -0.15) is 4.31 Å². The molecule has 1 aromatic carbocycles. The molecule has 3 rings (SSSR count). The molecular formula is C22H33N5O7S2. The molecule has 2 aromatic rings. The first kappa shape index (κ1) is 27.9. The minimum absolute atomic E-state index is 0.0294. The molecule has 0 unspecified atom stereocenters. The van der Waals surface area contributed by atoms with E-state index in [4.69, 9.17) is 4.74 Å². The molecule has 2 N–H and O–H groups in total. The van der Waals surface area contributed by atoms with Gasteiger partial charge in [0.25, 0.3) is 10.0 Å². The standard InChI is InChI=1S/C22H33N5O7S2/c1-15-10-27(16(2)13-28)22(29)9-17-8-18(24-35(5,30)31)6-7-19(17)34-20(15)11-26(4)36(32,33)21-12-25(3)14-23-21/h6-8,12,14-16,20,24,28H,9-11,13H2,1-5H3/t15-,16+,20-/m0/s1. The molecule has 0 spiro atoms. The Morgan fingerprint density at radius 3 is 2.58 bits per heavy atom. The van der Waals surface area contributed by atoms with E-state index in [0.29, 0.717) is 11.3 Å². The number of carbonyl (C=O) groups is 1. The highest BCUT2D eigenvalue weighted by Crippen LogP contribution is 2.30. The van der Waals surface area contributed by atoms with Gasteiger partial charge < -0.3 is 19.3 Å². The number of sulfonamides is 2. The molecule has 0 aliphatic carbocycles. The molecule has 0 saturated carbocycles. The molecule has 2 heterocycles. The predicted molar refractivity (Wildman–Crippen MR) is 133 cm³/mol. The van der Waals surface area contributed by atoms with Crippen LogP contribution in [0.2, 0.25) is 0 Å². The van der Waals surface area contributed by atoms with Gasteiger partial charge in [0, 0.05) is 44.0 Å². The molecule has 1 aliphatic heterocycles. The molecule has 12 nitrogen and oxygen atoms in total. The van der Waals surface area contributed by atoms with Gasteiger partial charge in [-0.25, -0.2) is 21.8 Å². The highest BCUT2D eigenvalue weighted by atomic mass is 32.2. The summed E-state index contributed by atoms with van der Waals surface area (Å²) in [4.78, 5) is 18.7. The van der Waals surface area contributed by atoms with Crippen LogP contribution in [0.4, 0.5) is 5.69 Å². The number of fused-ring (bicyclic) bond motifs is 1. The van der Waals surface area contributed by atoms with Gasteiger partial charge in [0.15, 0.2) is 5.03 Å². The van der Waals surface area contributed by atoms with Crippen molar-refractivity contribution in [1.29, 1.82) is 0 Å². The van der Waals surface area contributed by atoms with Crippen LogP contribution < -0.4 is 9.46 Å². The molecule has 36 heavy (non-hydrogen) atoms. The summed E-state index contributed by atoms with van der Waals surface area (Å²) in [5, 5.41) is 9.65. The Morgan fingerprint density at radius 1 is 1.31 bits per heavy atom. The van der Waals surface area contributed by atoms with Gasteiger partial charge in [0.2, 0.25) is 15.9 Å². The van der Waals surface area contributed by atoms with Crippen LogP contribution in [0.3, 0.4) is 0 Å². The third-order valence-corrected chi connectivity index (χ3v) is 8.33. The van der Waals surface area contributed by atoms with Crippen LogP contribution in [-0.2, 0) is 38.3 Å². The first-order valence-corrected chi connectivity index (χ1v) is 14.7. The zero-order valence-electron chi connectivity index (χ0n) is 20.9. The van der Waals surface area contributed by atoms with Crippen LogP contribution in [0.25, 0.3) is 0 Å². The number of aryl methyl sites for hydroxylation is 1. The average Bonchev–Trinajstić information content (AvgIpc) is 3.24. The smallest absolute Gasteiger partial charge is 0.261 e. The monoisotopic (exact) mass is 543 g/mol. The number of benzene rings is 1. The third kappa shape index (κ3) is 6.55. The number of aliphatic hydroxyl groups excluding tert-OH is 1. The quantitative estimate of drug-likeness (QED) is 0.481. The van der Waals surface area contributed by atoms with Gasteiger partial charge >= 0.3 is 0 Å². The summed E-state index contributed by atoms with van der Waals surface area (Å²) in [5.41, 5.74) is 0.714. The van der Waals surface area contributed by atoms with Gasteiger partial charge in [0.05, 0.1) is 38.2 Å². The topological polar surface area (TPSA) is 151 Å². The maximum absolute atomic E-state index is 13.2. The van der Waals surface area contributed by atoms with E-state index in [1.807, 2.05) is 6.92 Å². The first-order chi connectivity index (χ1) is 16.7. The second kappa shape index (κ2) is 10.7. The van der Waals surface area contributed by atoms with Crippen molar-refractivity contribution in [3.8, 4) is 5.75 Å². The molecule has 1 amide bonds. The minimum Gasteiger partial charge on any atom is -0.488 e. The number of imidazole rings is 1. The van der Waals surface area contributed by atoms with Crippen LogP contribution in [-0.4, -0.2) is 91.8 Å². The summed E-state index contributed by atoms with van der Waals surface area (Å²) in [6.45, 7) is 3.52. The van der Waals surface area contributed by atoms with Gasteiger partial charge in [-0.1, -0.05) is 6.92 Å². The van der Waals surface area contributed by atoms with Gasteiger partial charge in [-0.15, -0.1) is 0 Å². The highest BCUT2D eigenvalue weighted by Gasteiger charge is 2.34. The molecular weight excluding hydrogens is 510 g/mol. The lowest BCUT2D eigenvalue weighted by Crippen LogP contribution is -2.48. The Kier molecular flexibility index (Phi) is 8.33. The van der Waals surface area contributed by atoms with Gasteiger partial charge in [-0.3, -0.25) is 9.52 Å². The normalized spacial score (nSPS) is 20.2. The van der Waals surface area contributed by atoms with Crippen molar-refractivity contribution >= 4 is 31.6 Å². The van der Waals surface area contributed by atoms with Crippen molar-refractivity contribution < 1.29 is 31.5 Å². The average molecular weight is 544 g/mol. The first-order valence-electron chi connectivity index (χ1n) is 11.3. The van der Waals surface area contributed by atoms with Crippen LogP contribution in [0.15, 0.2) is 35.7 Å². The van der Waals surface area contributed by atoms with E-state index in [2.05, 4.69) is 9.71 Å². The molecule has 3 atom stereocenters. The number of likely N-dealkylation sites (N-methyl/N-ethyl adjacent to an activating group) is 1. The molecule has 200 valence electrons. The Hall–Kier alpha value is -2.68. The second-order valence-corrected chi connectivity index (χ2v) is 13.0. The van der Waals surface area contributed by atoms with Crippen LogP contribution in [0.1, 0.15) is 19.4 Å². The Morgan fingerprint density at radius 2 is 2.00 bits per heavy atom. The summed E-state index contributed by atoms with van der Waals surface area (Å²) in [6, 6.07) is 4.13. The lowest BCUT2D eigenvalue weighted by molar-refractivity contribution is -0.134. The Balaban J connectivity index is 1.99.